The predicted octanol–water partition coefficient (Wildman–Crippen LogP) is 3.40. The molecular formula is C17H18ClF2N5. The van der Waals surface area contributed by atoms with Crippen LogP contribution in [0.15, 0.2) is 24.3 Å². The molecule has 25 heavy (non-hydrogen) atoms. The van der Waals surface area contributed by atoms with Gasteiger partial charge in [0.2, 0.25) is 5.28 Å². The van der Waals surface area contributed by atoms with E-state index in [1.807, 2.05) is 0 Å². The van der Waals surface area contributed by atoms with E-state index in [0.717, 1.165) is 0 Å². The normalized spacial score (nSPS) is 12.6. The molecule has 3 N–H and O–H groups in total. The van der Waals surface area contributed by atoms with Crippen molar-refractivity contribution in [2.75, 3.05) is 5.32 Å². The Bertz CT molecular complexity index is 923. The van der Waals surface area contributed by atoms with Crippen LogP contribution in [0.3, 0.4) is 0 Å². The van der Waals surface area contributed by atoms with Gasteiger partial charge in [0.15, 0.2) is 5.82 Å². The lowest BCUT2D eigenvalue weighted by atomic mass is 10.2. The second kappa shape index (κ2) is 6.93. The SMILES string of the molecule is CC(N)Cc1c(F)c2c(NCc3ccccc3F)nc(Cl)nc2n1C. The van der Waals surface area contributed by atoms with Gasteiger partial charge in [0.1, 0.15) is 17.3 Å². The van der Waals surface area contributed by atoms with Gasteiger partial charge in [0, 0.05) is 31.6 Å². The highest BCUT2D eigenvalue weighted by Crippen LogP contribution is 2.30. The maximum atomic E-state index is 14.9. The quantitative estimate of drug-likeness (QED) is 0.680. The number of hydrogen-bond acceptors (Lipinski definition) is 4. The molecule has 0 saturated carbocycles. The van der Waals surface area contributed by atoms with Crippen molar-refractivity contribution < 1.29 is 8.78 Å². The van der Waals surface area contributed by atoms with Gasteiger partial charge in [-0.2, -0.15) is 9.97 Å². The van der Waals surface area contributed by atoms with E-state index in [2.05, 4.69) is 15.3 Å². The molecule has 0 amide bonds. The first-order valence-electron chi connectivity index (χ1n) is 7.81. The molecule has 1 atom stereocenters. The number of anilines is 1. The van der Waals surface area contributed by atoms with Crippen molar-refractivity contribution in [2.45, 2.75) is 25.9 Å². The summed E-state index contributed by atoms with van der Waals surface area (Å²) in [6.07, 6.45) is 0.350. The lowest BCUT2D eigenvalue weighted by Gasteiger charge is -2.08. The van der Waals surface area contributed by atoms with E-state index in [9.17, 15) is 8.78 Å². The Morgan fingerprint density at radius 2 is 2.00 bits per heavy atom. The molecule has 2 heterocycles. The number of benzene rings is 1. The summed E-state index contributed by atoms with van der Waals surface area (Å²) in [6, 6.07) is 6.13. The summed E-state index contributed by atoms with van der Waals surface area (Å²) in [6.45, 7) is 1.94. The number of nitrogens with two attached hydrogens (primary N) is 1. The Labute approximate surface area is 148 Å². The van der Waals surface area contributed by atoms with E-state index in [4.69, 9.17) is 17.3 Å². The minimum absolute atomic E-state index is 0.0171. The molecule has 3 aromatic rings. The highest BCUT2D eigenvalue weighted by atomic mass is 35.5. The van der Waals surface area contributed by atoms with Gasteiger partial charge in [-0.3, -0.25) is 0 Å². The highest BCUT2D eigenvalue weighted by Gasteiger charge is 2.22. The number of hydrogen-bond donors (Lipinski definition) is 2. The average molecular weight is 366 g/mol. The monoisotopic (exact) mass is 365 g/mol. The van der Waals surface area contributed by atoms with Gasteiger partial charge in [-0.1, -0.05) is 18.2 Å². The predicted molar refractivity (Wildman–Crippen MR) is 94.6 cm³/mol. The fourth-order valence-corrected chi connectivity index (χ4v) is 2.93. The molecular weight excluding hydrogens is 348 g/mol. The van der Waals surface area contributed by atoms with Crippen LogP contribution in [-0.4, -0.2) is 20.6 Å². The molecule has 0 aliphatic carbocycles. The van der Waals surface area contributed by atoms with Crippen LogP contribution < -0.4 is 11.1 Å². The summed E-state index contributed by atoms with van der Waals surface area (Å²) in [7, 11) is 1.70. The minimum atomic E-state index is -0.442. The van der Waals surface area contributed by atoms with Crippen LogP contribution in [0.4, 0.5) is 14.6 Å². The Morgan fingerprint density at radius 3 is 2.68 bits per heavy atom. The molecule has 5 nitrogen and oxygen atoms in total. The van der Waals surface area contributed by atoms with Gasteiger partial charge >= 0.3 is 0 Å². The molecule has 0 fully saturated rings. The lowest BCUT2D eigenvalue weighted by Crippen LogP contribution is -2.20. The van der Waals surface area contributed by atoms with Crippen molar-refractivity contribution in [3.63, 3.8) is 0 Å². The molecule has 2 aromatic heterocycles. The molecule has 132 valence electrons. The molecule has 8 heteroatoms. The van der Waals surface area contributed by atoms with E-state index in [0.29, 0.717) is 23.3 Å². The zero-order chi connectivity index (χ0) is 18.1. The molecule has 0 aliphatic heterocycles. The van der Waals surface area contributed by atoms with Gasteiger partial charge in [-0.15, -0.1) is 0 Å². The maximum absolute atomic E-state index is 14.9. The first-order chi connectivity index (χ1) is 11.9. The number of aromatic nitrogens is 3. The summed E-state index contributed by atoms with van der Waals surface area (Å²) in [5.74, 6) is -0.567. The van der Waals surface area contributed by atoms with Crippen LogP contribution in [0.5, 0.6) is 0 Å². The number of rotatable bonds is 5. The summed E-state index contributed by atoms with van der Waals surface area (Å²) in [4.78, 5) is 8.20. The summed E-state index contributed by atoms with van der Waals surface area (Å²) >= 11 is 5.98. The topological polar surface area (TPSA) is 68.8 Å². The average Bonchev–Trinajstić information content (AvgIpc) is 2.78. The highest BCUT2D eigenvalue weighted by molar-refractivity contribution is 6.28. The summed E-state index contributed by atoms with van der Waals surface area (Å²) in [5.41, 5.74) is 7.04. The van der Waals surface area contributed by atoms with E-state index in [-0.39, 0.29) is 34.9 Å². The fourth-order valence-electron chi connectivity index (χ4n) is 2.77. The fraction of sp³-hybridized carbons (Fsp3) is 0.294. The first-order valence-corrected chi connectivity index (χ1v) is 8.19. The summed E-state index contributed by atoms with van der Waals surface area (Å²) < 4.78 is 30.3. The molecule has 1 aromatic carbocycles. The van der Waals surface area contributed by atoms with E-state index in [1.165, 1.54) is 6.07 Å². The number of halogens is 3. The number of aryl methyl sites for hydroxylation is 1. The van der Waals surface area contributed by atoms with Gasteiger partial charge in [-0.05, 0) is 24.6 Å². The van der Waals surface area contributed by atoms with Crippen molar-refractivity contribution in [1.82, 2.24) is 14.5 Å². The van der Waals surface area contributed by atoms with Crippen LogP contribution in [-0.2, 0) is 20.0 Å². The molecule has 0 aliphatic rings. The van der Waals surface area contributed by atoms with E-state index in [1.54, 1.807) is 36.7 Å². The Hall–Kier alpha value is -2.25. The van der Waals surface area contributed by atoms with Crippen molar-refractivity contribution in [3.05, 3.63) is 52.4 Å². The third-order valence-corrected chi connectivity index (χ3v) is 4.15. The van der Waals surface area contributed by atoms with Crippen LogP contribution in [0.2, 0.25) is 5.28 Å². The minimum Gasteiger partial charge on any atom is -0.365 e. The van der Waals surface area contributed by atoms with Gasteiger partial charge in [0.05, 0.1) is 11.1 Å². The molecule has 1 unspecified atom stereocenters. The van der Waals surface area contributed by atoms with Crippen molar-refractivity contribution in [3.8, 4) is 0 Å². The molecule has 3 rings (SSSR count). The van der Waals surface area contributed by atoms with Crippen LogP contribution >= 0.6 is 11.6 Å². The maximum Gasteiger partial charge on any atom is 0.226 e. The van der Waals surface area contributed by atoms with Crippen LogP contribution in [0, 0.1) is 11.6 Å². The van der Waals surface area contributed by atoms with Gasteiger partial charge in [-0.25, -0.2) is 8.78 Å². The van der Waals surface area contributed by atoms with E-state index < -0.39 is 5.82 Å². The van der Waals surface area contributed by atoms with Crippen LogP contribution in [0.25, 0.3) is 11.0 Å². The Kier molecular flexibility index (Phi) is 4.87. The Morgan fingerprint density at radius 1 is 1.28 bits per heavy atom. The van der Waals surface area contributed by atoms with Crippen molar-refractivity contribution >= 4 is 28.5 Å². The number of fused-ring (bicyclic) bond motifs is 1. The second-order valence-electron chi connectivity index (χ2n) is 5.99. The van der Waals surface area contributed by atoms with E-state index >= 15 is 0 Å². The molecule has 0 radical (unpaired) electrons. The smallest absolute Gasteiger partial charge is 0.226 e. The molecule has 0 saturated heterocycles. The Balaban J connectivity index is 2.04. The van der Waals surface area contributed by atoms with Gasteiger partial charge in [0.25, 0.3) is 0 Å². The largest absolute Gasteiger partial charge is 0.365 e. The van der Waals surface area contributed by atoms with Crippen molar-refractivity contribution in [1.29, 1.82) is 0 Å². The first kappa shape index (κ1) is 17.6. The molecule has 0 spiro atoms. The standard InChI is InChI=1S/C17H18ClF2N5/c1-9(21)7-12-14(20)13-15(23-17(18)24-16(13)25(12)2)22-8-10-5-3-4-6-11(10)19/h3-6,9H,7-8,21H2,1-2H3,(H,22,23,24). The second-order valence-corrected chi connectivity index (χ2v) is 6.32. The zero-order valence-electron chi connectivity index (χ0n) is 13.9. The van der Waals surface area contributed by atoms with Gasteiger partial charge < -0.3 is 15.6 Å². The zero-order valence-corrected chi connectivity index (χ0v) is 14.6. The van der Waals surface area contributed by atoms with Crippen LogP contribution in [0.1, 0.15) is 18.2 Å². The van der Waals surface area contributed by atoms with Crippen molar-refractivity contribution in [2.24, 2.45) is 12.8 Å². The summed E-state index contributed by atoms with van der Waals surface area (Å²) in [5, 5.41) is 3.16. The number of nitrogens with one attached hydrogen (secondary N) is 1. The molecule has 0 bridgehead atoms. The third-order valence-electron chi connectivity index (χ3n) is 3.98. The third kappa shape index (κ3) is 3.43. The number of nitrogens with zero attached hydrogens (tertiary/aromatic N) is 3. The lowest BCUT2D eigenvalue weighted by molar-refractivity contribution is 0.586.